The third-order valence-electron chi connectivity index (χ3n) is 6.32. The molecule has 0 spiro atoms. The smallest absolute Gasteiger partial charge is 0.313 e. The van der Waals surface area contributed by atoms with Crippen molar-refractivity contribution < 1.29 is 83.4 Å². The van der Waals surface area contributed by atoms with Crippen LogP contribution in [0.1, 0.15) is 20.3 Å². The molecule has 12 atom stereocenters. The Kier molecular flexibility index (Phi) is 12.8. The minimum Gasteiger partial charge on any atom is -0.396 e. The van der Waals surface area contributed by atoms with E-state index in [-0.39, 0.29) is 26.4 Å². The maximum atomic E-state index is 11.5. The Morgan fingerprint density at radius 3 is 2.27 bits per heavy atom. The summed E-state index contributed by atoms with van der Waals surface area (Å²) in [5, 5.41) is 73.1. The average Bonchev–Trinajstić information content (AvgIpc) is 3.41. The number of nitrogens with two attached hydrogens (primary N) is 1. The average molecular weight is 592 g/mol. The lowest BCUT2D eigenvalue weighted by Crippen LogP contribution is -2.55. The lowest BCUT2D eigenvalue weighted by molar-refractivity contribution is -0.397. The monoisotopic (exact) mass is 591 g/mol. The van der Waals surface area contributed by atoms with Crippen LogP contribution in [0.4, 0.5) is 0 Å². The summed E-state index contributed by atoms with van der Waals surface area (Å²) in [6, 6.07) is 0. The van der Waals surface area contributed by atoms with Gasteiger partial charge in [-0.3, -0.25) is 4.74 Å². The predicted octanol–water partition coefficient (Wildman–Crippen LogP) is -4.69. The largest absolute Gasteiger partial charge is 0.396 e. The Balaban J connectivity index is 1.73. The van der Waals surface area contributed by atoms with E-state index in [0.717, 1.165) is 0 Å². The lowest BCUT2D eigenvalue weighted by atomic mass is 9.93. The van der Waals surface area contributed by atoms with Crippen LogP contribution in [0.15, 0.2) is 0 Å². The first kappa shape index (κ1) is 33.8. The Labute approximate surface area is 229 Å². The molecule has 0 radical (unpaired) electrons. The molecule has 3 saturated heterocycles. The van der Waals surface area contributed by atoms with Gasteiger partial charge >= 0.3 is 5.97 Å². The van der Waals surface area contributed by atoms with E-state index in [2.05, 4.69) is 0 Å². The summed E-state index contributed by atoms with van der Waals surface area (Å²) in [6.45, 7) is 3.32. The van der Waals surface area contributed by atoms with E-state index >= 15 is 0 Å². The summed E-state index contributed by atoms with van der Waals surface area (Å²) >= 11 is 0. The normalized spacial score (nSPS) is 43.6. The van der Waals surface area contributed by atoms with Crippen molar-refractivity contribution in [3.63, 3.8) is 0 Å². The molecule has 3 rings (SSSR count). The van der Waals surface area contributed by atoms with Crippen LogP contribution in [0.5, 0.6) is 0 Å². The van der Waals surface area contributed by atoms with Crippen LogP contribution >= 0.6 is 0 Å². The Morgan fingerprint density at radius 2 is 1.62 bits per heavy atom. The molecule has 3 aliphatic rings. The molecule has 0 bridgehead atoms. The number of ether oxygens (including phenoxy) is 8. The highest BCUT2D eigenvalue weighted by atomic mass is 17.2. The van der Waals surface area contributed by atoms with Crippen molar-refractivity contribution >= 4 is 0 Å². The summed E-state index contributed by atoms with van der Waals surface area (Å²) in [6.07, 6.45) is -17.2. The van der Waals surface area contributed by atoms with Gasteiger partial charge in [0.25, 0.3) is 0 Å². The van der Waals surface area contributed by atoms with E-state index in [4.69, 9.17) is 53.4 Å². The fraction of sp³-hybridized carbons (Fsp3) is 1.00. The van der Waals surface area contributed by atoms with Gasteiger partial charge in [0.05, 0.1) is 26.4 Å². The van der Waals surface area contributed by atoms with Gasteiger partial charge in [-0.15, -0.1) is 0 Å². The number of hydrogen-bond donors (Lipinski definition) is 8. The molecule has 18 nitrogen and oxygen atoms in total. The summed E-state index contributed by atoms with van der Waals surface area (Å²) in [5.74, 6) is -2.63. The van der Waals surface area contributed by atoms with Crippen molar-refractivity contribution in [2.45, 2.75) is 93.8 Å². The Hall–Kier alpha value is -0.720. The first-order chi connectivity index (χ1) is 19.1. The van der Waals surface area contributed by atoms with E-state index in [9.17, 15) is 35.7 Å². The van der Waals surface area contributed by atoms with Gasteiger partial charge in [-0.1, -0.05) is 0 Å². The fourth-order valence-corrected chi connectivity index (χ4v) is 4.41. The van der Waals surface area contributed by atoms with Crippen molar-refractivity contribution in [2.24, 2.45) is 5.73 Å². The van der Waals surface area contributed by atoms with Crippen LogP contribution in [0.25, 0.3) is 0 Å². The van der Waals surface area contributed by atoms with Gasteiger partial charge in [-0.05, 0) is 13.8 Å². The van der Waals surface area contributed by atoms with Crippen LogP contribution in [-0.4, -0.2) is 155 Å². The summed E-state index contributed by atoms with van der Waals surface area (Å²) in [5.41, 5.74) is 3.04. The molecule has 40 heavy (non-hydrogen) atoms. The minimum atomic E-state index is -2.63. The maximum Gasteiger partial charge on any atom is 0.313 e. The van der Waals surface area contributed by atoms with Gasteiger partial charge in [0.15, 0.2) is 43.7 Å². The second-order valence-electron chi connectivity index (χ2n) is 9.10. The molecular formula is C22H41NO17. The summed E-state index contributed by atoms with van der Waals surface area (Å²) in [7, 11) is 0. The van der Waals surface area contributed by atoms with Gasteiger partial charge in [-0.2, -0.15) is 0 Å². The molecule has 3 aliphatic heterocycles. The van der Waals surface area contributed by atoms with Crippen molar-refractivity contribution in [1.82, 2.24) is 0 Å². The third kappa shape index (κ3) is 7.43. The van der Waals surface area contributed by atoms with Gasteiger partial charge in [0.2, 0.25) is 0 Å². The highest BCUT2D eigenvalue weighted by Crippen LogP contribution is 2.41. The van der Waals surface area contributed by atoms with Crippen LogP contribution in [0.3, 0.4) is 0 Å². The maximum absolute atomic E-state index is 11.5. The Morgan fingerprint density at radius 1 is 0.875 bits per heavy atom. The van der Waals surface area contributed by atoms with E-state index in [1.807, 2.05) is 0 Å². The summed E-state index contributed by atoms with van der Waals surface area (Å²) in [4.78, 5) is 10.3. The number of aliphatic hydroxyl groups is 7. The van der Waals surface area contributed by atoms with Gasteiger partial charge in [-0.25, -0.2) is 9.78 Å². The molecule has 18 heteroatoms. The van der Waals surface area contributed by atoms with Crippen molar-refractivity contribution in [3.05, 3.63) is 0 Å². The highest BCUT2D eigenvalue weighted by molar-refractivity contribution is 5.01. The molecule has 0 saturated carbocycles. The van der Waals surface area contributed by atoms with E-state index in [1.54, 1.807) is 6.92 Å². The van der Waals surface area contributed by atoms with Crippen molar-refractivity contribution in [2.75, 3.05) is 46.2 Å². The molecule has 236 valence electrons. The van der Waals surface area contributed by atoms with Gasteiger partial charge in [0, 0.05) is 26.2 Å². The van der Waals surface area contributed by atoms with Gasteiger partial charge < -0.3 is 74.6 Å². The molecule has 0 aromatic carbocycles. The molecule has 6 unspecified atom stereocenters. The molecule has 9 N–H and O–H groups in total. The first-order valence-electron chi connectivity index (χ1n) is 12.9. The van der Waals surface area contributed by atoms with Crippen molar-refractivity contribution in [1.29, 1.82) is 0 Å². The second kappa shape index (κ2) is 15.1. The third-order valence-corrected chi connectivity index (χ3v) is 6.32. The zero-order valence-corrected chi connectivity index (χ0v) is 22.2. The second-order valence-corrected chi connectivity index (χ2v) is 9.10. The standard InChI is InChI=1S/C22H41NO17/c1-3-33-22(30)14(26)11(25)18(39-22)36-15-17(28)38-20(21(15,29)5-7-24)35-12-13(40-34-4-2)19(37-16(12)27)32-10-9-31-8-6-23/h11-20,24-30H,3-10,23H2,1-2H3/t11?,12?,13?,14?,15?,16-,17-,18-,19-,20-,21?,22+/m0/s1. The molecular weight excluding hydrogens is 550 g/mol. The number of rotatable bonds is 17. The highest BCUT2D eigenvalue weighted by Gasteiger charge is 2.63. The van der Waals surface area contributed by atoms with Crippen LogP contribution < -0.4 is 5.73 Å². The number of aliphatic hydroxyl groups excluding tert-OH is 5. The van der Waals surface area contributed by atoms with Gasteiger partial charge in [0.1, 0.15) is 23.9 Å². The van der Waals surface area contributed by atoms with Crippen LogP contribution in [0.2, 0.25) is 0 Å². The van der Waals surface area contributed by atoms with E-state index < -0.39 is 86.6 Å². The lowest BCUT2D eigenvalue weighted by Gasteiger charge is -2.35. The number of hydrogen-bond acceptors (Lipinski definition) is 18. The molecule has 3 heterocycles. The molecule has 3 fully saturated rings. The SMILES string of the molecule is CCOOC1C(O[C@H]2O[C@H](O)C(O[C@H]3O[C@](O)(OCC)C(O)C3O)C2(O)CCO)[C@@H](O)O[C@@H]1OCCOCCN. The van der Waals surface area contributed by atoms with E-state index in [0.29, 0.717) is 13.2 Å². The molecule has 0 aromatic rings. The molecule has 0 aliphatic carbocycles. The zero-order chi connectivity index (χ0) is 29.5. The molecule has 0 amide bonds. The topological polar surface area (TPSA) is 260 Å². The first-order valence-corrected chi connectivity index (χ1v) is 12.9. The quantitative estimate of drug-likeness (QED) is 0.0342. The predicted molar refractivity (Wildman–Crippen MR) is 124 cm³/mol. The summed E-state index contributed by atoms with van der Waals surface area (Å²) < 4.78 is 42.9. The van der Waals surface area contributed by atoms with E-state index in [1.165, 1.54) is 6.92 Å². The minimum absolute atomic E-state index is 0.0305. The Bertz CT molecular complexity index is 754. The molecule has 0 aromatic heterocycles. The van der Waals surface area contributed by atoms with Crippen LogP contribution in [0, 0.1) is 0 Å². The zero-order valence-electron chi connectivity index (χ0n) is 22.2. The van der Waals surface area contributed by atoms with Crippen LogP contribution in [-0.2, 0) is 47.7 Å². The van der Waals surface area contributed by atoms with Crippen molar-refractivity contribution in [3.8, 4) is 0 Å². The fourth-order valence-electron chi connectivity index (χ4n) is 4.41.